The summed E-state index contributed by atoms with van der Waals surface area (Å²) in [4.78, 5) is 14.7. The van der Waals surface area contributed by atoms with Crippen LogP contribution in [0.5, 0.6) is 0 Å². The fourth-order valence-electron chi connectivity index (χ4n) is 4.35. The van der Waals surface area contributed by atoms with Gasteiger partial charge >= 0.3 is 0 Å². The fraction of sp³-hybridized carbons (Fsp3) is 0.632. The third-order valence-electron chi connectivity index (χ3n) is 5.22. The van der Waals surface area contributed by atoms with Crippen molar-refractivity contribution in [2.75, 3.05) is 0 Å². The number of hydrogen-bond acceptors (Lipinski definition) is 3. The summed E-state index contributed by atoms with van der Waals surface area (Å²) >= 11 is 0. The van der Waals surface area contributed by atoms with Crippen LogP contribution >= 0.6 is 0 Å². The first-order chi connectivity index (χ1) is 10.8. The highest BCUT2D eigenvalue weighted by atomic mass is 28.4. The van der Waals surface area contributed by atoms with E-state index < -0.39 is 8.32 Å². The first-order valence-corrected chi connectivity index (χ1v) is 12.2. The van der Waals surface area contributed by atoms with Crippen molar-refractivity contribution < 1.29 is 9.22 Å². The van der Waals surface area contributed by atoms with Gasteiger partial charge in [0.2, 0.25) is 0 Å². The van der Waals surface area contributed by atoms with E-state index in [1.54, 1.807) is 6.92 Å². The maximum absolute atomic E-state index is 12.1. The molecule has 0 saturated carbocycles. The first kappa shape index (κ1) is 16.9. The molecule has 126 valence electrons. The Morgan fingerprint density at radius 3 is 2.48 bits per heavy atom. The van der Waals surface area contributed by atoms with Crippen molar-refractivity contribution in [2.24, 2.45) is 5.92 Å². The third kappa shape index (κ3) is 3.75. The van der Waals surface area contributed by atoms with Crippen LogP contribution in [0.15, 0.2) is 30.3 Å². The number of piperidine rings is 1. The summed E-state index contributed by atoms with van der Waals surface area (Å²) in [5.74, 6) is 0.545. The topological polar surface area (TPSA) is 29.5 Å². The number of rotatable bonds is 5. The molecular formula is C19H29NO2Si. The van der Waals surface area contributed by atoms with Crippen LogP contribution in [0.25, 0.3) is 0 Å². The molecule has 0 radical (unpaired) electrons. The van der Waals surface area contributed by atoms with E-state index in [0.717, 1.165) is 25.8 Å². The van der Waals surface area contributed by atoms with Gasteiger partial charge in [-0.2, -0.15) is 0 Å². The first-order valence-electron chi connectivity index (χ1n) is 8.83. The van der Waals surface area contributed by atoms with Gasteiger partial charge < -0.3 is 4.43 Å². The molecule has 3 nitrogen and oxygen atoms in total. The lowest BCUT2D eigenvalue weighted by atomic mass is 9.94. The van der Waals surface area contributed by atoms with Gasteiger partial charge in [-0.25, -0.2) is 0 Å². The molecule has 0 unspecified atom stereocenters. The van der Waals surface area contributed by atoms with E-state index in [4.69, 9.17) is 4.43 Å². The summed E-state index contributed by atoms with van der Waals surface area (Å²) in [5.41, 5.74) is 1.33. The molecule has 2 aliphatic rings. The minimum Gasteiger partial charge on any atom is -0.413 e. The van der Waals surface area contributed by atoms with E-state index in [9.17, 15) is 4.79 Å². The van der Waals surface area contributed by atoms with Crippen LogP contribution in [0.1, 0.15) is 31.7 Å². The van der Waals surface area contributed by atoms with Gasteiger partial charge in [0.15, 0.2) is 8.32 Å². The molecule has 1 aromatic rings. The van der Waals surface area contributed by atoms with E-state index in [2.05, 4.69) is 54.9 Å². The Morgan fingerprint density at radius 1 is 1.17 bits per heavy atom. The van der Waals surface area contributed by atoms with Crippen LogP contribution in [0, 0.1) is 5.92 Å². The highest BCUT2D eigenvalue weighted by molar-refractivity contribution is 6.69. The zero-order chi connectivity index (χ0) is 16.6. The van der Waals surface area contributed by atoms with Crippen LogP contribution in [0.3, 0.4) is 0 Å². The summed E-state index contributed by atoms with van der Waals surface area (Å²) in [6, 6.07) is 11.4. The summed E-state index contributed by atoms with van der Waals surface area (Å²) in [7, 11) is -1.57. The van der Waals surface area contributed by atoms with Crippen molar-refractivity contribution in [3.63, 3.8) is 0 Å². The molecule has 0 amide bonds. The van der Waals surface area contributed by atoms with Crippen LogP contribution in [-0.4, -0.2) is 37.2 Å². The van der Waals surface area contributed by atoms with Gasteiger partial charge in [0.1, 0.15) is 5.78 Å². The number of fused-ring (bicyclic) bond motifs is 2. The lowest BCUT2D eigenvalue weighted by Gasteiger charge is -2.42. The molecule has 2 saturated heterocycles. The second kappa shape index (κ2) is 6.50. The summed E-state index contributed by atoms with van der Waals surface area (Å²) in [6.45, 7) is 9.49. The van der Waals surface area contributed by atoms with E-state index in [1.807, 2.05) is 0 Å². The second-order valence-electron chi connectivity index (χ2n) is 8.09. The summed E-state index contributed by atoms with van der Waals surface area (Å²) in [6.07, 6.45) is 3.46. The molecule has 0 aromatic heterocycles. The minimum atomic E-state index is -1.57. The smallest absolute Gasteiger partial charge is 0.184 e. The van der Waals surface area contributed by atoms with Crippen molar-refractivity contribution >= 4 is 14.1 Å². The third-order valence-corrected chi connectivity index (χ3v) is 6.23. The van der Waals surface area contributed by atoms with Crippen molar-refractivity contribution in [3.8, 4) is 0 Å². The van der Waals surface area contributed by atoms with Crippen molar-refractivity contribution in [3.05, 3.63) is 35.9 Å². The molecule has 4 heteroatoms. The number of Topliss-reactive ketones (excluding diaryl/α,β-unsaturated/α-hetero) is 1. The van der Waals surface area contributed by atoms with E-state index in [1.165, 1.54) is 5.56 Å². The number of benzene rings is 1. The molecule has 0 aliphatic carbocycles. The Balaban J connectivity index is 1.82. The monoisotopic (exact) mass is 331 g/mol. The molecule has 4 atom stereocenters. The average Bonchev–Trinajstić information content (AvgIpc) is 2.71. The molecule has 0 N–H and O–H groups in total. The summed E-state index contributed by atoms with van der Waals surface area (Å²) < 4.78 is 6.49. The highest BCUT2D eigenvalue weighted by Gasteiger charge is 2.50. The Morgan fingerprint density at radius 2 is 1.87 bits per heavy atom. The van der Waals surface area contributed by atoms with Crippen LogP contribution in [0.4, 0.5) is 0 Å². The second-order valence-corrected chi connectivity index (χ2v) is 12.6. The van der Waals surface area contributed by atoms with E-state index in [0.29, 0.717) is 24.0 Å². The van der Waals surface area contributed by atoms with Crippen molar-refractivity contribution in [1.29, 1.82) is 0 Å². The molecule has 3 rings (SSSR count). The van der Waals surface area contributed by atoms with Gasteiger partial charge in [0.05, 0.1) is 6.10 Å². The van der Waals surface area contributed by atoms with Crippen molar-refractivity contribution in [2.45, 2.75) is 70.6 Å². The SMILES string of the molecule is CC(=O)[C@H]1C[C@@H]2[C@@H](O[Si](C)(C)C)CC[C@H]1N2Cc1ccccc1. The Bertz CT molecular complexity index is 554. The number of carbonyl (C=O) groups excluding carboxylic acids is 1. The molecular weight excluding hydrogens is 302 g/mol. The predicted molar refractivity (Wildman–Crippen MR) is 95.8 cm³/mol. The van der Waals surface area contributed by atoms with Gasteiger partial charge in [-0.15, -0.1) is 0 Å². The lowest BCUT2D eigenvalue weighted by molar-refractivity contribution is -0.121. The number of nitrogens with zero attached hydrogens (tertiary/aromatic N) is 1. The van der Waals surface area contributed by atoms with Gasteiger partial charge in [0.25, 0.3) is 0 Å². The zero-order valence-electron chi connectivity index (χ0n) is 14.8. The quantitative estimate of drug-likeness (QED) is 0.768. The molecule has 1 aromatic carbocycles. The van der Waals surface area contributed by atoms with Crippen molar-refractivity contribution in [1.82, 2.24) is 4.90 Å². The Kier molecular flexibility index (Phi) is 4.77. The summed E-state index contributed by atoms with van der Waals surface area (Å²) in [5, 5.41) is 0. The molecule has 2 heterocycles. The number of hydrogen-bond donors (Lipinski definition) is 0. The maximum atomic E-state index is 12.1. The largest absolute Gasteiger partial charge is 0.413 e. The molecule has 2 aliphatic heterocycles. The number of carbonyl (C=O) groups is 1. The zero-order valence-corrected chi connectivity index (χ0v) is 15.8. The molecule has 0 spiro atoms. The minimum absolute atomic E-state index is 0.193. The standard InChI is InChI=1S/C19H29NO2Si/c1-14(21)16-12-18-19(22-23(2,3)4)11-10-17(16)20(18)13-15-8-6-5-7-9-15/h5-9,16-19H,10-13H2,1-4H3/t16-,17-,18-,19+/m1/s1. The lowest BCUT2D eigenvalue weighted by Crippen LogP contribution is -2.51. The molecule has 2 bridgehead atoms. The average molecular weight is 332 g/mol. The van der Waals surface area contributed by atoms with E-state index >= 15 is 0 Å². The Labute approximate surface area is 141 Å². The van der Waals surface area contributed by atoms with Gasteiger partial charge in [0, 0.05) is 24.5 Å². The van der Waals surface area contributed by atoms with E-state index in [-0.39, 0.29) is 5.92 Å². The van der Waals surface area contributed by atoms with Gasteiger partial charge in [-0.05, 0) is 51.4 Å². The Hall–Kier alpha value is -0.973. The highest BCUT2D eigenvalue weighted by Crippen LogP contribution is 2.42. The van der Waals surface area contributed by atoms with Gasteiger partial charge in [-0.1, -0.05) is 30.3 Å². The predicted octanol–water partition coefficient (Wildman–Crippen LogP) is 3.85. The number of ketones is 1. The molecule has 23 heavy (non-hydrogen) atoms. The maximum Gasteiger partial charge on any atom is 0.184 e. The molecule has 2 fully saturated rings. The van der Waals surface area contributed by atoms with Crippen LogP contribution < -0.4 is 0 Å². The van der Waals surface area contributed by atoms with Gasteiger partial charge in [-0.3, -0.25) is 9.69 Å². The normalized spacial score (nSPS) is 31.3. The fourth-order valence-corrected chi connectivity index (χ4v) is 5.53. The van der Waals surface area contributed by atoms with Crippen LogP contribution in [0.2, 0.25) is 19.6 Å². The van der Waals surface area contributed by atoms with Crippen LogP contribution in [-0.2, 0) is 15.8 Å².